The predicted octanol–water partition coefficient (Wildman–Crippen LogP) is 2.27. The number of aryl methyl sites for hydroxylation is 2. The molecule has 0 amide bonds. The van der Waals surface area contributed by atoms with E-state index in [0.717, 1.165) is 29.8 Å². The summed E-state index contributed by atoms with van der Waals surface area (Å²) in [6.45, 7) is 11.2. The fourth-order valence-corrected chi connectivity index (χ4v) is 3.41. The third-order valence-electron chi connectivity index (χ3n) is 3.77. The van der Waals surface area contributed by atoms with Gasteiger partial charge in [-0.3, -0.25) is 4.68 Å². The second kappa shape index (κ2) is 6.48. The van der Waals surface area contributed by atoms with Crippen LogP contribution >= 0.6 is 0 Å². The van der Waals surface area contributed by atoms with E-state index in [-0.39, 0.29) is 5.75 Å². The third-order valence-corrected chi connectivity index (χ3v) is 6.35. The van der Waals surface area contributed by atoms with E-state index in [9.17, 15) is 13.5 Å². The molecule has 5 nitrogen and oxygen atoms in total. The molecule has 1 N–H and O–H groups in total. The minimum absolute atomic E-state index is 0.0631. The first-order chi connectivity index (χ1) is 9.55. The van der Waals surface area contributed by atoms with Crippen molar-refractivity contribution in [1.29, 1.82) is 0 Å². The van der Waals surface area contributed by atoms with Crippen LogP contribution in [0.1, 0.15) is 64.6 Å². The molecule has 0 aliphatic heterocycles. The molecule has 0 saturated carbocycles. The second-order valence-electron chi connectivity index (χ2n) is 6.34. The minimum Gasteiger partial charge on any atom is -0.389 e. The Bertz CT molecular complexity index is 581. The Balaban J connectivity index is 3.11. The van der Waals surface area contributed by atoms with Gasteiger partial charge in [-0.05, 0) is 40.5 Å². The quantitative estimate of drug-likeness (QED) is 0.874. The lowest BCUT2D eigenvalue weighted by molar-refractivity contribution is 0.197. The summed E-state index contributed by atoms with van der Waals surface area (Å²) in [6, 6.07) is 0. The molecule has 0 radical (unpaired) electrons. The summed E-state index contributed by atoms with van der Waals surface area (Å²) in [4.78, 5) is 0. The molecule has 1 rings (SSSR count). The molecular formula is C15H28N2O3S. The van der Waals surface area contributed by atoms with Crippen molar-refractivity contribution in [3.8, 4) is 0 Å². The van der Waals surface area contributed by atoms with Gasteiger partial charge >= 0.3 is 0 Å². The Morgan fingerprint density at radius 1 is 1.24 bits per heavy atom. The zero-order valence-corrected chi connectivity index (χ0v) is 14.8. The molecule has 1 atom stereocenters. The maximum absolute atomic E-state index is 12.2. The van der Waals surface area contributed by atoms with Crippen LogP contribution in [0, 0.1) is 0 Å². The van der Waals surface area contributed by atoms with Crippen LogP contribution in [0.4, 0.5) is 0 Å². The van der Waals surface area contributed by atoms with Crippen molar-refractivity contribution in [1.82, 2.24) is 9.78 Å². The molecule has 1 aromatic heterocycles. The summed E-state index contributed by atoms with van der Waals surface area (Å²) in [5.74, 6) is 0.0631. The number of aliphatic hydroxyl groups excluding tert-OH is 1. The van der Waals surface area contributed by atoms with Crippen LogP contribution in [0.15, 0.2) is 0 Å². The number of sulfone groups is 1. The molecule has 0 spiro atoms. The fourth-order valence-electron chi connectivity index (χ4n) is 2.38. The monoisotopic (exact) mass is 316 g/mol. The van der Waals surface area contributed by atoms with Gasteiger partial charge in [-0.25, -0.2) is 8.42 Å². The average molecular weight is 316 g/mol. The van der Waals surface area contributed by atoms with Crippen molar-refractivity contribution >= 4 is 9.84 Å². The Morgan fingerprint density at radius 2 is 1.81 bits per heavy atom. The molecule has 0 fully saturated rings. The molecule has 0 bridgehead atoms. The lowest BCUT2D eigenvalue weighted by Gasteiger charge is -2.19. The van der Waals surface area contributed by atoms with Gasteiger partial charge in [0, 0.05) is 11.3 Å². The van der Waals surface area contributed by atoms with Gasteiger partial charge < -0.3 is 5.11 Å². The Labute approximate surface area is 128 Å². The van der Waals surface area contributed by atoms with E-state index < -0.39 is 20.7 Å². The Morgan fingerprint density at radius 3 is 2.19 bits per heavy atom. The summed E-state index contributed by atoms with van der Waals surface area (Å²) >= 11 is 0. The van der Waals surface area contributed by atoms with Crippen LogP contribution in [-0.4, -0.2) is 33.8 Å². The largest absolute Gasteiger partial charge is 0.389 e. The topological polar surface area (TPSA) is 72.2 Å². The van der Waals surface area contributed by atoms with Crippen molar-refractivity contribution in [3.05, 3.63) is 17.0 Å². The van der Waals surface area contributed by atoms with Gasteiger partial charge in [0.05, 0.1) is 28.8 Å². The highest BCUT2D eigenvalue weighted by atomic mass is 32.2. The van der Waals surface area contributed by atoms with Crippen molar-refractivity contribution in [3.63, 3.8) is 0 Å². The Hall–Kier alpha value is -0.880. The van der Waals surface area contributed by atoms with E-state index in [1.807, 2.05) is 13.8 Å². The highest BCUT2D eigenvalue weighted by Gasteiger charge is 2.29. The Kier molecular flexibility index (Phi) is 5.61. The molecule has 21 heavy (non-hydrogen) atoms. The lowest BCUT2D eigenvalue weighted by Crippen LogP contribution is -2.32. The number of aliphatic hydroxyl groups is 1. The first-order valence-electron chi connectivity index (χ1n) is 7.54. The predicted molar refractivity (Wildman–Crippen MR) is 85.2 cm³/mol. The third kappa shape index (κ3) is 3.86. The van der Waals surface area contributed by atoms with E-state index in [1.165, 1.54) is 0 Å². The zero-order valence-electron chi connectivity index (χ0n) is 14.0. The number of aromatic nitrogens is 2. The normalized spacial score (nSPS) is 14.4. The smallest absolute Gasteiger partial charge is 0.157 e. The van der Waals surface area contributed by atoms with Gasteiger partial charge in [-0.2, -0.15) is 5.10 Å². The van der Waals surface area contributed by atoms with Gasteiger partial charge in [0.1, 0.15) is 0 Å². The summed E-state index contributed by atoms with van der Waals surface area (Å²) in [6.07, 6.45) is 0.873. The number of hydrogen-bond donors (Lipinski definition) is 1. The van der Waals surface area contributed by atoms with Crippen molar-refractivity contribution in [2.45, 2.75) is 71.8 Å². The molecule has 6 heteroatoms. The van der Waals surface area contributed by atoms with Gasteiger partial charge in [-0.15, -0.1) is 0 Å². The van der Waals surface area contributed by atoms with Crippen molar-refractivity contribution in [2.24, 2.45) is 0 Å². The number of hydrogen-bond acceptors (Lipinski definition) is 4. The highest BCUT2D eigenvalue weighted by Crippen LogP contribution is 2.24. The number of rotatable bonds is 6. The molecule has 0 aliphatic rings. The van der Waals surface area contributed by atoms with Crippen LogP contribution in [0.2, 0.25) is 0 Å². The molecular weight excluding hydrogens is 288 g/mol. The van der Waals surface area contributed by atoms with Gasteiger partial charge in [0.2, 0.25) is 0 Å². The van der Waals surface area contributed by atoms with E-state index >= 15 is 0 Å². The summed E-state index contributed by atoms with van der Waals surface area (Å²) in [5, 5.41) is 14.4. The van der Waals surface area contributed by atoms with Gasteiger partial charge in [0.25, 0.3) is 0 Å². The van der Waals surface area contributed by atoms with Gasteiger partial charge in [-0.1, -0.05) is 13.8 Å². The standard InChI is InChI=1S/C15H28N2O3S/c1-7-12-14(11(3)18)13(8-2)17(16-12)9-10-21(19,20)15(4,5)6/h11,18H,7-10H2,1-6H3. The van der Waals surface area contributed by atoms with Crippen LogP contribution in [-0.2, 0) is 29.2 Å². The first-order valence-corrected chi connectivity index (χ1v) is 9.19. The van der Waals surface area contributed by atoms with E-state index in [2.05, 4.69) is 5.10 Å². The second-order valence-corrected chi connectivity index (χ2v) is 9.21. The molecule has 0 aromatic carbocycles. The number of nitrogens with zero attached hydrogens (tertiary/aromatic N) is 2. The maximum Gasteiger partial charge on any atom is 0.157 e. The average Bonchev–Trinajstić information content (AvgIpc) is 2.72. The summed E-state index contributed by atoms with van der Waals surface area (Å²) in [7, 11) is -3.17. The van der Waals surface area contributed by atoms with Crippen molar-refractivity contribution < 1.29 is 13.5 Å². The van der Waals surface area contributed by atoms with E-state index in [4.69, 9.17) is 0 Å². The maximum atomic E-state index is 12.2. The molecule has 1 aromatic rings. The van der Waals surface area contributed by atoms with Crippen molar-refractivity contribution in [2.75, 3.05) is 5.75 Å². The summed E-state index contributed by atoms with van der Waals surface area (Å²) < 4.78 is 25.5. The van der Waals surface area contributed by atoms with E-state index in [1.54, 1.807) is 32.4 Å². The van der Waals surface area contributed by atoms with Gasteiger partial charge in [0.15, 0.2) is 9.84 Å². The van der Waals surface area contributed by atoms with E-state index in [0.29, 0.717) is 6.54 Å². The van der Waals surface area contributed by atoms with Crippen LogP contribution in [0.5, 0.6) is 0 Å². The molecule has 1 heterocycles. The molecule has 0 saturated heterocycles. The van der Waals surface area contributed by atoms with Crippen LogP contribution in [0.25, 0.3) is 0 Å². The molecule has 0 aliphatic carbocycles. The van der Waals surface area contributed by atoms with Crippen LogP contribution < -0.4 is 0 Å². The molecule has 122 valence electrons. The first kappa shape index (κ1) is 18.2. The minimum atomic E-state index is -3.17. The highest BCUT2D eigenvalue weighted by molar-refractivity contribution is 7.92. The lowest BCUT2D eigenvalue weighted by atomic mass is 10.0. The fraction of sp³-hybridized carbons (Fsp3) is 0.800. The zero-order chi connectivity index (χ0) is 16.4. The molecule has 1 unspecified atom stereocenters. The summed E-state index contributed by atoms with van der Waals surface area (Å²) in [5.41, 5.74) is 2.65. The SMILES string of the molecule is CCc1nn(CCS(=O)(=O)C(C)(C)C)c(CC)c1C(C)O. The van der Waals surface area contributed by atoms with Crippen LogP contribution in [0.3, 0.4) is 0 Å².